The SMILES string of the molecule is Cn1cc(-c2ccc(Cn3c(=O)oc4ccccc43)cc2)cn1. The molecule has 0 spiro atoms. The number of para-hydroxylation sites is 2. The van der Waals surface area contributed by atoms with E-state index < -0.39 is 0 Å². The summed E-state index contributed by atoms with van der Waals surface area (Å²) in [6.07, 6.45) is 3.81. The van der Waals surface area contributed by atoms with Crippen LogP contribution in [0.3, 0.4) is 0 Å². The van der Waals surface area contributed by atoms with Gasteiger partial charge in [-0.25, -0.2) is 4.79 Å². The zero-order valence-electron chi connectivity index (χ0n) is 12.6. The Balaban J connectivity index is 1.66. The molecule has 0 aliphatic rings. The molecule has 2 heterocycles. The predicted molar refractivity (Wildman–Crippen MR) is 88.2 cm³/mol. The molecule has 0 atom stereocenters. The number of fused-ring (bicyclic) bond motifs is 1. The highest BCUT2D eigenvalue weighted by molar-refractivity contribution is 5.72. The highest BCUT2D eigenvalue weighted by Gasteiger charge is 2.09. The minimum atomic E-state index is -0.331. The smallest absolute Gasteiger partial charge is 0.408 e. The van der Waals surface area contributed by atoms with Gasteiger partial charge >= 0.3 is 5.76 Å². The first kappa shape index (κ1) is 13.6. The number of nitrogens with zero attached hydrogens (tertiary/aromatic N) is 3. The molecule has 0 bridgehead atoms. The zero-order chi connectivity index (χ0) is 15.8. The Morgan fingerprint density at radius 1 is 1.04 bits per heavy atom. The molecule has 2 aromatic carbocycles. The van der Waals surface area contributed by atoms with Gasteiger partial charge in [0.05, 0.1) is 18.3 Å². The van der Waals surface area contributed by atoms with Crippen LogP contribution in [0, 0.1) is 0 Å². The normalized spacial score (nSPS) is 11.2. The fourth-order valence-electron chi connectivity index (χ4n) is 2.72. The maximum atomic E-state index is 12.0. The molecule has 4 rings (SSSR count). The van der Waals surface area contributed by atoms with Crippen molar-refractivity contribution >= 4 is 11.1 Å². The van der Waals surface area contributed by atoms with E-state index in [-0.39, 0.29) is 5.76 Å². The molecule has 23 heavy (non-hydrogen) atoms. The summed E-state index contributed by atoms with van der Waals surface area (Å²) in [6, 6.07) is 15.6. The van der Waals surface area contributed by atoms with Crippen molar-refractivity contribution in [3.63, 3.8) is 0 Å². The molecule has 4 aromatic rings. The van der Waals surface area contributed by atoms with Gasteiger partial charge in [-0.15, -0.1) is 0 Å². The van der Waals surface area contributed by atoms with Crippen molar-refractivity contribution in [2.45, 2.75) is 6.54 Å². The van der Waals surface area contributed by atoms with Crippen LogP contribution in [0.1, 0.15) is 5.56 Å². The number of benzene rings is 2. The minimum absolute atomic E-state index is 0.331. The van der Waals surface area contributed by atoms with E-state index in [1.165, 1.54) is 0 Å². The van der Waals surface area contributed by atoms with Gasteiger partial charge in [-0.2, -0.15) is 5.10 Å². The molecule has 0 saturated carbocycles. The lowest BCUT2D eigenvalue weighted by Gasteiger charge is -2.04. The van der Waals surface area contributed by atoms with Crippen molar-refractivity contribution in [1.29, 1.82) is 0 Å². The van der Waals surface area contributed by atoms with Crippen LogP contribution in [-0.2, 0) is 13.6 Å². The summed E-state index contributed by atoms with van der Waals surface area (Å²) >= 11 is 0. The first-order valence-corrected chi connectivity index (χ1v) is 7.37. The standard InChI is InChI=1S/C18H15N3O2/c1-20-12-15(10-19-20)14-8-6-13(7-9-14)11-21-16-4-2-3-5-17(16)23-18(21)22/h2-10,12H,11H2,1H3. The van der Waals surface area contributed by atoms with Gasteiger partial charge in [0.25, 0.3) is 0 Å². The lowest BCUT2D eigenvalue weighted by Crippen LogP contribution is -2.14. The Bertz CT molecular complexity index is 1020. The van der Waals surface area contributed by atoms with Gasteiger partial charge in [0, 0.05) is 18.8 Å². The summed E-state index contributed by atoms with van der Waals surface area (Å²) in [5, 5.41) is 4.18. The van der Waals surface area contributed by atoms with Crippen LogP contribution in [0.2, 0.25) is 0 Å². The predicted octanol–water partition coefficient (Wildman–Crippen LogP) is 3.04. The molecule has 0 fully saturated rings. The van der Waals surface area contributed by atoms with Gasteiger partial charge in [-0.3, -0.25) is 9.25 Å². The molecule has 2 aromatic heterocycles. The third kappa shape index (κ3) is 2.46. The van der Waals surface area contributed by atoms with E-state index >= 15 is 0 Å². The minimum Gasteiger partial charge on any atom is -0.408 e. The molecule has 0 aliphatic heterocycles. The second-order valence-corrected chi connectivity index (χ2v) is 5.52. The Hall–Kier alpha value is -3.08. The highest BCUT2D eigenvalue weighted by Crippen LogP contribution is 2.20. The average molecular weight is 305 g/mol. The van der Waals surface area contributed by atoms with Crippen LogP contribution < -0.4 is 5.76 Å². The number of hydrogen-bond donors (Lipinski definition) is 0. The molecule has 5 nitrogen and oxygen atoms in total. The monoisotopic (exact) mass is 305 g/mol. The van der Waals surface area contributed by atoms with Gasteiger partial charge in [0.1, 0.15) is 0 Å². The molecule has 0 N–H and O–H groups in total. The largest absolute Gasteiger partial charge is 0.420 e. The molecule has 0 unspecified atom stereocenters. The third-order valence-electron chi connectivity index (χ3n) is 3.91. The number of hydrogen-bond acceptors (Lipinski definition) is 3. The van der Waals surface area contributed by atoms with Crippen molar-refractivity contribution < 1.29 is 4.42 Å². The molecule has 5 heteroatoms. The van der Waals surface area contributed by atoms with Crippen LogP contribution in [0.5, 0.6) is 0 Å². The molecular weight excluding hydrogens is 290 g/mol. The van der Waals surface area contributed by atoms with E-state index in [9.17, 15) is 4.79 Å². The summed E-state index contributed by atoms with van der Waals surface area (Å²) in [7, 11) is 1.90. The second kappa shape index (κ2) is 5.28. The van der Waals surface area contributed by atoms with E-state index in [2.05, 4.69) is 5.10 Å². The van der Waals surface area contributed by atoms with E-state index in [0.29, 0.717) is 12.1 Å². The highest BCUT2D eigenvalue weighted by atomic mass is 16.4. The summed E-state index contributed by atoms with van der Waals surface area (Å²) in [5.41, 5.74) is 4.65. The van der Waals surface area contributed by atoms with Crippen LogP contribution in [-0.4, -0.2) is 14.3 Å². The van der Waals surface area contributed by atoms with Gasteiger partial charge in [0.15, 0.2) is 5.58 Å². The fraction of sp³-hybridized carbons (Fsp3) is 0.111. The summed E-state index contributed by atoms with van der Waals surface area (Å²) < 4.78 is 8.69. The maximum Gasteiger partial charge on any atom is 0.420 e. The topological polar surface area (TPSA) is 53.0 Å². The molecular formula is C18H15N3O2. The first-order chi connectivity index (χ1) is 11.2. The molecule has 0 radical (unpaired) electrons. The van der Waals surface area contributed by atoms with E-state index in [4.69, 9.17) is 4.42 Å². The van der Waals surface area contributed by atoms with Gasteiger partial charge < -0.3 is 4.42 Å². The van der Waals surface area contributed by atoms with Crippen LogP contribution in [0.15, 0.2) is 70.1 Å². The molecule has 0 amide bonds. The van der Waals surface area contributed by atoms with Crippen LogP contribution >= 0.6 is 0 Å². The van der Waals surface area contributed by atoms with E-state index in [0.717, 1.165) is 22.2 Å². The first-order valence-electron chi connectivity index (χ1n) is 7.37. The third-order valence-corrected chi connectivity index (χ3v) is 3.91. The van der Waals surface area contributed by atoms with Crippen molar-refractivity contribution in [2.24, 2.45) is 7.05 Å². The van der Waals surface area contributed by atoms with E-state index in [1.54, 1.807) is 15.3 Å². The summed E-state index contributed by atoms with van der Waals surface area (Å²) in [4.78, 5) is 12.0. The van der Waals surface area contributed by atoms with Crippen molar-refractivity contribution in [3.8, 4) is 11.1 Å². The fourth-order valence-corrected chi connectivity index (χ4v) is 2.72. The second-order valence-electron chi connectivity index (χ2n) is 5.52. The molecule has 0 saturated heterocycles. The van der Waals surface area contributed by atoms with Crippen molar-refractivity contribution in [1.82, 2.24) is 14.3 Å². The summed E-state index contributed by atoms with van der Waals surface area (Å²) in [6.45, 7) is 0.489. The average Bonchev–Trinajstić information content (AvgIpc) is 3.12. The lowest BCUT2D eigenvalue weighted by atomic mass is 10.1. The van der Waals surface area contributed by atoms with Crippen LogP contribution in [0.25, 0.3) is 22.2 Å². The van der Waals surface area contributed by atoms with E-state index in [1.807, 2.05) is 61.9 Å². The Labute approximate surface area is 132 Å². The van der Waals surface area contributed by atoms with Gasteiger partial charge in [-0.1, -0.05) is 36.4 Å². The quantitative estimate of drug-likeness (QED) is 0.584. The Morgan fingerprint density at radius 2 is 1.83 bits per heavy atom. The molecule has 114 valence electrons. The van der Waals surface area contributed by atoms with Crippen molar-refractivity contribution in [2.75, 3.05) is 0 Å². The number of aromatic nitrogens is 3. The number of aryl methyl sites for hydroxylation is 1. The Kier molecular flexibility index (Phi) is 3.12. The lowest BCUT2D eigenvalue weighted by molar-refractivity contribution is 0.517. The Morgan fingerprint density at radius 3 is 2.57 bits per heavy atom. The number of oxazole rings is 1. The number of rotatable bonds is 3. The molecule has 0 aliphatic carbocycles. The maximum absolute atomic E-state index is 12.0. The summed E-state index contributed by atoms with van der Waals surface area (Å²) in [5.74, 6) is -0.331. The van der Waals surface area contributed by atoms with Crippen LogP contribution in [0.4, 0.5) is 0 Å². The van der Waals surface area contributed by atoms with Gasteiger partial charge in [-0.05, 0) is 23.3 Å². The zero-order valence-corrected chi connectivity index (χ0v) is 12.6. The van der Waals surface area contributed by atoms with Crippen molar-refractivity contribution in [3.05, 3.63) is 77.0 Å². The van der Waals surface area contributed by atoms with Gasteiger partial charge in [0.2, 0.25) is 0 Å².